The van der Waals surface area contributed by atoms with E-state index in [1.165, 1.54) is 6.42 Å². The molecule has 1 fully saturated rings. The minimum atomic E-state index is -0.965. The van der Waals surface area contributed by atoms with Gasteiger partial charge in [0, 0.05) is 35.6 Å². The Kier molecular flexibility index (Phi) is 7.86. The van der Waals surface area contributed by atoms with Crippen LogP contribution in [0.4, 0.5) is 0 Å². The minimum absolute atomic E-state index is 0. The second kappa shape index (κ2) is 7.65. The van der Waals surface area contributed by atoms with Crippen molar-refractivity contribution in [2.24, 2.45) is 0 Å². The van der Waals surface area contributed by atoms with E-state index in [0.29, 0.717) is 0 Å². The van der Waals surface area contributed by atoms with Crippen LogP contribution < -0.4 is 5.32 Å². The van der Waals surface area contributed by atoms with Crippen molar-refractivity contribution < 1.29 is 15.0 Å². The molecule has 1 unspecified atom stereocenters. The van der Waals surface area contributed by atoms with E-state index < -0.39 is 12.0 Å². The molecule has 0 heterocycles. The van der Waals surface area contributed by atoms with Gasteiger partial charge in [0.25, 0.3) is 0 Å². The van der Waals surface area contributed by atoms with Gasteiger partial charge in [-0.1, -0.05) is 19.3 Å². The van der Waals surface area contributed by atoms with Crippen molar-refractivity contribution in [1.29, 1.82) is 0 Å². The number of hydrogen-bond donors (Lipinski definition) is 3. The molecule has 0 amide bonds. The molecule has 1 atom stereocenters. The van der Waals surface area contributed by atoms with Crippen LogP contribution in [0.5, 0.6) is 0 Å². The zero-order valence-corrected chi connectivity index (χ0v) is 10.7. The molecule has 14 heavy (non-hydrogen) atoms. The zero-order chi connectivity index (χ0) is 9.68. The van der Waals surface area contributed by atoms with Gasteiger partial charge in [0.2, 0.25) is 0 Å². The molecule has 4 nitrogen and oxygen atoms in total. The maximum absolute atomic E-state index is 10.6. The van der Waals surface area contributed by atoms with Crippen molar-refractivity contribution in [3.63, 3.8) is 0 Å². The van der Waals surface area contributed by atoms with Gasteiger partial charge in [0.1, 0.15) is 6.04 Å². The van der Waals surface area contributed by atoms with Crippen molar-refractivity contribution in [2.75, 3.05) is 6.61 Å². The number of carbonyl (C=O) groups is 1. The molecule has 0 aromatic heterocycles. The van der Waals surface area contributed by atoms with Crippen molar-refractivity contribution in [1.82, 2.24) is 5.32 Å². The molecule has 1 aliphatic rings. The molecule has 5 heteroatoms. The van der Waals surface area contributed by atoms with Crippen LogP contribution >= 0.6 is 0 Å². The summed E-state index contributed by atoms with van der Waals surface area (Å²) in [6.07, 6.45) is 5.63. The van der Waals surface area contributed by atoms with Gasteiger partial charge in [-0.15, -0.1) is 0 Å². The minimum Gasteiger partial charge on any atom is -0.480 e. The van der Waals surface area contributed by atoms with Crippen molar-refractivity contribution >= 4 is 35.5 Å². The van der Waals surface area contributed by atoms with Crippen LogP contribution in [0, 0.1) is 0 Å². The maximum atomic E-state index is 10.6. The Hall–Kier alpha value is 0.390. The summed E-state index contributed by atoms with van der Waals surface area (Å²) in [5.41, 5.74) is 0. The van der Waals surface area contributed by atoms with E-state index in [0.717, 1.165) is 25.7 Å². The van der Waals surface area contributed by atoms with Crippen LogP contribution in [0.15, 0.2) is 0 Å². The van der Waals surface area contributed by atoms with Gasteiger partial charge in [-0.05, 0) is 12.8 Å². The number of rotatable bonds is 4. The van der Waals surface area contributed by atoms with Crippen molar-refractivity contribution in [3.8, 4) is 0 Å². The van der Waals surface area contributed by atoms with Gasteiger partial charge < -0.3 is 10.2 Å². The molecule has 1 rings (SSSR count). The van der Waals surface area contributed by atoms with E-state index >= 15 is 0 Å². The normalized spacial score (nSPS) is 19.8. The van der Waals surface area contributed by atoms with Crippen LogP contribution in [-0.4, -0.2) is 64.4 Å². The van der Waals surface area contributed by atoms with Crippen LogP contribution in [-0.2, 0) is 4.79 Å². The number of aliphatic hydroxyl groups is 1. The topological polar surface area (TPSA) is 69.6 Å². The number of aliphatic hydroxyl groups excluding tert-OH is 1. The molecular weight excluding hydrogens is 193 g/mol. The van der Waals surface area contributed by atoms with Gasteiger partial charge in [-0.3, -0.25) is 10.1 Å². The molecule has 0 spiro atoms. The first kappa shape index (κ1) is 14.4. The Morgan fingerprint density at radius 1 is 1.36 bits per heavy atom. The third-order valence-electron chi connectivity index (χ3n) is 2.52. The van der Waals surface area contributed by atoms with Gasteiger partial charge in [0.15, 0.2) is 0 Å². The standard InChI is InChI=1S/C9H17NO3.Na/c11-6-8(9(12)13)10-7-4-2-1-3-5-7;/h7-8,10-11H,1-6H2,(H,12,13);. The molecular formula is C9H17NNaO3. The zero-order valence-electron chi connectivity index (χ0n) is 8.70. The molecule has 0 aromatic carbocycles. The fraction of sp³-hybridized carbons (Fsp3) is 0.889. The summed E-state index contributed by atoms with van der Waals surface area (Å²) in [5.74, 6) is -0.965. The predicted molar refractivity (Wildman–Crippen MR) is 54.3 cm³/mol. The van der Waals surface area contributed by atoms with E-state index in [9.17, 15) is 4.79 Å². The number of hydrogen-bond acceptors (Lipinski definition) is 3. The van der Waals surface area contributed by atoms with E-state index in [-0.39, 0.29) is 42.2 Å². The molecule has 77 valence electrons. The first-order valence-electron chi connectivity index (χ1n) is 4.83. The molecule has 0 bridgehead atoms. The monoisotopic (exact) mass is 210 g/mol. The molecule has 1 saturated carbocycles. The van der Waals surface area contributed by atoms with Gasteiger partial charge in [-0.2, -0.15) is 0 Å². The summed E-state index contributed by atoms with van der Waals surface area (Å²) in [6.45, 7) is -0.328. The Balaban J connectivity index is 0.00000169. The number of nitrogens with one attached hydrogen (secondary N) is 1. The van der Waals surface area contributed by atoms with Crippen LogP contribution in [0.1, 0.15) is 32.1 Å². The summed E-state index contributed by atoms with van der Waals surface area (Å²) in [6, 6.07) is -0.509. The first-order chi connectivity index (χ1) is 6.24. The van der Waals surface area contributed by atoms with Crippen LogP contribution in [0.3, 0.4) is 0 Å². The predicted octanol–water partition coefficient (Wildman–Crippen LogP) is -0.0266. The van der Waals surface area contributed by atoms with Crippen molar-refractivity contribution in [2.45, 2.75) is 44.2 Å². The summed E-state index contributed by atoms with van der Waals surface area (Å²) in [5, 5.41) is 20.4. The molecule has 0 aromatic rings. The van der Waals surface area contributed by atoms with Crippen LogP contribution in [0.2, 0.25) is 0 Å². The van der Waals surface area contributed by atoms with E-state index in [2.05, 4.69) is 5.32 Å². The van der Waals surface area contributed by atoms with Crippen molar-refractivity contribution in [3.05, 3.63) is 0 Å². The van der Waals surface area contributed by atoms with E-state index in [1.807, 2.05) is 0 Å². The fourth-order valence-corrected chi connectivity index (χ4v) is 1.76. The Labute approximate surface area is 106 Å². The van der Waals surface area contributed by atoms with E-state index in [1.54, 1.807) is 0 Å². The average molecular weight is 210 g/mol. The second-order valence-electron chi connectivity index (χ2n) is 3.57. The Morgan fingerprint density at radius 2 is 1.93 bits per heavy atom. The van der Waals surface area contributed by atoms with E-state index in [4.69, 9.17) is 10.2 Å². The summed E-state index contributed by atoms with van der Waals surface area (Å²) >= 11 is 0. The summed E-state index contributed by atoms with van der Waals surface area (Å²) in [4.78, 5) is 10.6. The number of carboxylic acids is 1. The third-order valence-corrected chi connectivity index (χ3v) is 2.52. The van der Waals surface area contributed by atoms with Gasteiger partial charge in [0.05, 0.1) is 6.61 Å². The first-order valence-corrected chi connectivity index (χ1v) is 4.83. The van der Waals surface area contributed by atoms with Crippen LogP contribution in [0.25, 0.3) is 0 Å². The fourth-order valence-electron chi connectivity index (χ4n) is 1.76. The van der Waals surface area contributed by atoms with Gasteiger partial charge in [-0.25, -0.2) is 0 Å². The number of carboxylic acid groups (broad SMARTS) is 1. The molecule has 0 aliphatic heterocycles. The molecule has 1 radical (unpaired) electrons. The Morgan fingerprint density at radius 3 is 2.36 bits per heavy atom. The maximum Gasteiger partial charge on any atom is 0.323 e. The molecule has 1 aliphatic carbocycles. The largest absolute Gasteiger partial charge is 0.480 e. The SMILES string of the molecule is O=C(O)C(CO)NC1CCCCC1.[Na]. The summed E-state index contributed by atoms with van der Waals surface area (Å²) in [7, 11) is 0. The molecule has 0 saturated heterocycles. The molecule has 3 N–H and O–H groups in total. The smallest absolute Gasteiger partial charge is 0.323 e. The van der Waals surface area contributed by atoms with Gasteiger partial charge >= 0.3 is 5.97 Å². The third kappa shape index (κ3) is 4.75. The second-order valence-corrected chi connectivity index (χ2v) is 3.57. The Bertz CT molecular complexity index is 171. The summed E-state index contributed by atoms with van der Waals surface area (Å²) < 4.78 is 0. The number of aliphatic carboxylic acids is 1. The quantitative estimate of drug-likeness (QED) is 0.570. The average Bonchev–Trinajstić information content (AvgIpc) is 2.15.